The molecule has 0 saturated heterocycles. The first kappa shape index (κ1) is 11.5. The van der Waals surface area contributed by atoms with Gasteiger partial charge >= 0.3 is 0 Å². The van der Waals surface area contributed by atoms with Crippen molar-refractivity contribution in [1.29, 1.82) is 0 Å². The zero-order chi connectivity index (χ0) is 11.4. The van der Waals surface area contributed by atoms with Gasteiger partial charge < -0.3 is 10.5 Å². The van der Waals surface area contributed by atoms with E-state index in [-0.39, 0.29) is 0 Å². The maximum Gasteiger partial charge on any atom is 0.119 e. The largest absolute Gasteiger partial charge is 0.497 e. The molecule has 2 unspecified atom stereocenters. The van der Waals surface area contributed by atoms with E-state index in [9.17, 15) is 0 Å². The Hall–Kier alpha value is -1.02. The van der Waals surface area contributed by atoms with Crippen molar-refractivity contribution in [1.82, 2.24) is 0 Å². The second-order valence-electron chi connectivity index (χ2n) is 4.76. The SMILES string of the molecule is COc1cccc(CC2CCCCC2N)c1. The van der Waals surface area contributed by atoms with Gasteiger partial charge in [-0.3, -0.25) is 0 Å². The van der Waals surface area contributed by atoms with Crippen molar-refractivity contribution >= 4 is 0 Å². The second kappa shape index (κ2) is 5.35. The third kappa shape index (κ3) is 2.76. The van der Waals surface area contributed by atoms with Crippen molar-refractivity contribution < 1.29 is 4.74 Å². The number of hydrogen-bond acceptors (Lipinski definition) is 2. The molecular formula is C14H21NO. The first-order chi connectivity index (χ1) is 7.79. The molecule has 2 atom stereocenters. The number of hydrogen-bond donors (Lipinski definition) is 1. The molecule has 0 spiro atoms. The molecule has 16 heavy (non-hydrogen) atoms. The number of methoxy groups -OCH3 is 1. The average molecular weight is 219 g/mol. The maximum absolute atomic E-state index is 6.17. The number of rotatable bonds is 3. The van der Waals surface area contributed by atoms with Gasteiger partial charge in [-0.1, -0.05) is 25.0 Å². The molecule has 88 valence electrons. The zero-order valence-corrected chi connectivity index (χ0v) is 9.99. The summed E-state index contributed by atoms with van der Waals surface area (Å²) in [6, 6.07) is 8.73. The summed E-state index contributed by atoms with van der Waals surface area (Å²) in [5, 5.41) is 0. The van der Waals surface area contributed by atoms with Crippen LogP contribution < -0.4 is 10.5 Å². The summed E-state index contributed by atoms with van der Waals surface area (Å²) in [4.78, 5) is 0. The smallest absolute Gasteiger partial charge is 0.119 e. The van der Waals surface area contributed by atoms with Gasteiger partial charge in [0.05, 0.1) is 7.11 Å². The van der Waals surface area contributed by atoms with Crippen molar-refractivity contribution in [2.24, 2.45) is 11.7 Å². The summed E-state index contributed by atoms with van der Waals surface area (Å²) in [6.45, 7) is 0. The quantitative estimate of drug-likeness (QED) is 0.848. The van der Waals surface area contributed by atoms with Crippen LogP contribution in [0.2, 0.25) is 0 Å². The van der Waals surface area contributed by atoms with E-state index in [2.05, 4.69) is 18.2 Å². The number of nitrogens with two attached hydrogens (primary N) is 1. The van der Waals surface area contributed by atoms with Gasteiger partial charge in [0.15, 0.2) is 0 Å². The van der Waals surface area contributed by atoms with E-state index in [0.29, 0.717) is 12.0 Å². The molecule has 0 aliphatic heterocycles. The Kier molecular flexibility index (Phi) is 3.83. The van der Waals surface area contributed by atoms with Crippen LogP contribution in [0.4, 0.5) is 0 Å². The lowest BCUT2D eigenvalue weighted by Gasteiger charge is -2.28. The fourth-order valence-corrected chi connectivity index (χ4v) is 2.59. The molecule has 0 radical (unpaired) electrons. The van der Waals surface area contributed by atoms with Gasteiger partial charge in [0.25, 0.3) is 0 Å². The monoisotopic (exact) mass is 219 g/mol. The molecule has 1 aliphatic rings. The minimum atomic E-state index is 0.389. The molecule has 1 aromatic rings. The van der Waals surface area contributed by atoms with Crippen molar-refractivity contribution in [3.05, 3.63) is 29.8 Å². The Balaban J connectivity index is 2.01. The third-order valence-electron chi connectivity index (χ3n) is 3.60. The summed E-state index contributed by atoms with van der Waals surface area (Å²) in [6.07, 6.45) is 6.20. The summed E-state index contributed by atoms with van der Waals surface area (Å²) in [5.74, 6) is 1.60. The lowest BCUT2D eigenvalue weighted by Crippen LogP contribution is -2.34. The second-order valence-corrected chi connectivity index (χ2v) is 4.76. The molecule has 0 amide bonds. The topological polar surface area (TPSA) is 35.2 Å². The molecule has 1 saturated carbocycles. The fourth-order valence-electron chi connectivity index (χ4n) is 2.59. The summed E-state index contributed by atoms with van der Waals surface area (Å²) in [5.41, 5.74) is 7.51. The lowest BCUT2D eigenvalue weighted by atomic mass is 9.81. The van der Waals surface area contributed by atoms with Gasteiger partial charge in [0.2, 0.25) is 0 Å². The molecule has 2 heteroatoms. The van der Waals surface area contributed by atoms with Crippen LogP contribution in [0.5, 0.6) is 5.75 Å². The van der Waals surface area contributed by atoms with Crippen molar-refractivity contribution in [3.63, 3.8) is 0 Å². The van der Waals surface area contributed by atoms with Crippen molar-refractivity contribution in [2.75, 3.05) is 7.11 Å². The molecule has 2 N–H and O–H groups in total. The van der Waals surface area contributed by atoms with E-state index >= 15 is 0 Å². The van der Waals surface area contributed by atoms with Gasteiger partial charge in [0, 0.05) is 6.04 Å². The van der Waals surface area contributed by atoms with Gasteiger partial charge in [-0.25, -0.2) is 0 Å². The van der Waals surface area contributed by atoms with E-state index < -0.39 is 0 Å². The Labute approximate surface area is 97.8 Å². The standard InChI is InChI=1S/C14H21NO/c1-16-13-7-4-5-11(10-13)9-12-6-2-3-8-14(12)15/h4-5,7,10,12,14H,2-3,6,8-9,15H2,1H3. The molecule has 2 nitrogen and oxygen atoms in total. The fraction of sp³-hybridized carbons (Fsp3) is 0.571. The minimum Gasteiger partial charge on any atom is -0.497 e. The lowest BCUT2D eigenvalue weighted by molar-refractivity contribution is 0.306. The van der Waals surface area contributed by atoms with Crippen LogP contribution in [-0.2, 0) is 6.42 Å². The van der Waals surface area contributed by atoms with Gasteiger partial charge in [-0.2, -0.15) is 0 Å². The van der Waals surface area contributed by atoms with E-state index in [1.807, 2.05) is 6.07 Å². The Bertz CT molecular complexity index is 337. The predicted octanol–water partition coefficient (Wildman–Crippen LogP) is 2.76. The zero-order valence-electron chi connectivity index (χ0n) is 9.99. The molecule has 1 aromatic carbocycles. The summed E-state index contributed by atoms with van der Waals surface area (Å²) in [7, 11) is 1.71. The van der Waals surface area contributed by atoms with Crippen LogP contribution in [-0.4, -0.2) is 13.2 Å². The van der Waals surface area contributed by atoms with E-state index in [4.69, 9.17) is 10.5 Å². The molecule has 1 fully saturated rings. The average Bonchev–Trinajstić information content (AvgIpc) is 2.32. The third-order valence-corrected chi connectivity index (χ3v) is 3.60. The summed E-state index contributed by atoms with van der Waals surface area (Å²) < 4.78 is 5.24. The van der Waals surface area contributed by atoms with Crippen LogP contribution in [0, 0.1) is 5.92 Å². The Morgan fingerprint density at radius 2 is 2.12 bits per heavy atom. The van der Waals surface area contributed by atoms with Crippen molar-refractivity contribution in [3.8, 4) is 5.75 Å². The van der Waals surface area contributed by atoms with E-state index in [1.165, 1.54) is 31.2 Å². The van der Waals surface area contributed by atoms with Crippen molar-refractivity contribution in [2.45, 2.75) is 38.1 Å². The first-order valence-electron chi connectivity index (χ1n) is 6.18. The van der Waals surface area contributed by atoms with Gasteiger partial charge in [-0.05, 0) is 42.9 Å². The molecule has 2 rings (SSSR count). The molecule has 0 bridgehead atoms. The van der Waals surface area contributed by atoms with E-state index in [1.54, 1.807) is 7.11 Å². The van der Waals surface area contributed by atoms with Crippen LogP contribution in [0.1, 0.15) is 31.2 Å². The van der Waals surface area contributed by atoms with E-state index in [0.717, 1.165) is 12.2 Å². The highest BCUT2D eigenvalue weighted by molar-refractivity contribution is 5.28. The molecule has 0 aromatic heterocycles. The maximum atomic E-state index is 6.17. The Morgan fingerprint density at radius 1 is 1.31 bits per heavy atom. The highest BCUT2D eigenvalue weighted by atomic mass is 16.5. The van der Waals surface area contributed by atoms with Gasteiger partial charge in [-0.15, -0.1) is 0 Å². The van der Waals surface area contributed by atoms with Crippen LogP contribution in [0.25, 0.3) is 0 Å². The molecular weight excluding hydrogens is 198 g/mol. The Morgan fingerprint density at radius 3 is 2.88 bits per heavy atom. The summed E-state index contributed by atoms with van der Waals surface area (Å²) >= 11 is 0. The number of benzene rings is 1. The van der Waals surface area contributed by atoms with Crippen LogP contribution >= 0.6 is 0 Å². The predicted molar refractivity (Wildman–Crippen MR) is 66.6 cm³/mol. The van der Waals surface area contributed by atoms with Crippen LogP contribution in [0.15, 0.2) is 24.3 Å². The minimum absolute atomic E-state index is 0.389. The molecule has 0 heterocycles. The highest BCUT2D eigenvalue weighted by Gasteiger charge is 2.21. The number of ether oxygens (including phenoxy) is 1. The molecule has 1 aliphatic carbocycles. The normalized spacial score (nSPS) is 25.4. The highest BCUT2D eigenvalue weighted by Crippen LogP contribution is 2.27. The van der Waals surface area contributed by atoms with Gasteiger partial charge in [0.1, 0.15) is 5.75 Å². The first-order valence-corrected chi connectivity index (χ1v) is 6.18. The van der Waals surface area contributed by atoms with Crippen LogP contribution in [0.3, 0.4) is 0 Å².